The molecule has 2 heterocycles. The van der Waals surface area contributed by atoms with Gasteiger partial charge in [-0.05, 0) is 43.0 Å². The summed E-state index contributed by atoms with van der Waals surface area (Å²) in [5.74, 6) is -0.491. The van der Waals surface area contributed by atoms with Crippen LogP contribution in [0.5, 0.6) is 5.75 Å². The van der Waals surface area contributed by atoms with E-state index in [1.165, 1.54) is 38.8 Å². The maximum atomic E-state index is 13.7. The number of amides is 1. The predicted molar refractivity (Wildman–Crippen MR) is 175 cm³/mol. The van der Waals surface area contributed by atoms with Gasteiger partial charge in [0, 0.05) is 62.5 Å². The van der Waals surface area contributed by atoms with Gasteiger partial charge in [0.1, 0.15) is 23.7 Å². The number of esters is 2. The van der Waals surface area contributed by atoms with Crippen LogP contribution in [0.2, 0.25) is 5.02 Å². The van der Waals surface area contributed by atoms with Crippen molar-refractivity contribution in [1.82, 2.24) is 19.8 Å². The summed E-state index contributed by atoms with van der Waals surface area (Å²) in [5, 5.41) is 7.26. The highest BCUT2D eigenvalue weighted by atomic mass is 35.5. The van der Waals surface area contributed by atoms with Crippen LogP contribution >= 0.6 is 11.6 Å². The highest BCUT2D eigenvalue weighted by Gasteiger charge is 2.28. The van der Waals surface area contributed by atoms with Gasteiger partial charge in [-0.3, -0.25) is 19.3 Å². The molecule has 2 aromatic carbocycles. The number of carbonyl (C=O) groups excluding carboxylic acids is 3. The van der Waals surface area contributed by atoms with Gasteiger partial charge in [-0.2, -0.15) is 0 Å². The predicted octanol–water partition coefficient (Wildman–Crippen LogP) is 4.42. The average molecular weight is 669 g/mol. The molecule has 1 aliphatic carbocycles. The number of ether oxygens (including phenoxy) is 3. The highest BCUT2D eigenvalue weighted by Crippen LogP contribution is 2.36. The molecule has 1 unspecified atom stereocenters. The third kappa shape index (κ3) is 9.29. The molecule has 1 saturated carbocycles. The number of fused-ring (bicyclic) bond motifs is 1. The van der Waals surface area contributed by atoms with Crippen molar-refractivity contribution in [3.63, 3.8) is 0 Å². The Balaban J connectivity index is 1.20. The van der Waals surface area contributed by atoms with Crippen LogP contribution in [0.3, 0.4) is 0 Å². The number of carbonyl (C=O) groups is 3. The molecule has 0 spiro atoms. The van der Waals surface area contributed by atoms with Crippen molar-refractivity contribution in [2.24, 2.45) is 11.8 Å². The number of nitrogens with one attached hydrogen (secondary N) is 2. The van der Waals surface area contributed by atoms with E-state index >= 15 is 0 Å². The Labute approximate surface area is 277 Å². The first-order valence-electron chi connectivity index (χ1n) is 15.4. The van der Waals surface area contributed by atoms with E-state index in [4.69, 9.17) is 25.8 Å². The second-order valence-electron chi connectivity index (χ2n) is 11.5. The lowest BCUT2D eigenvalue weighted by molar-refractivity contribution is -0.153. The fraction of sp³-hybridized carbons (Fsp3) is 0.424. The second kappa shape index (κ2) is 15.9. The van der Waals surface area contributed by atoms with Crippen molar-refractivity contribution in [2.75, 3.05) is 70.7 Å². The second-order valence-corrected chi connectivity index (χ2v) is 11.9. The number of anilines is 3. The third-order valence-corrected chi connectivity index (χ3v) is 8.39. The maximum Gasteiger partial charge on any atom is 0.310 e. The summed E-state index contributed by atoms with van der Waals surface area (Å²) < 4.78 is 29.4. The number of benzene rings is 2. The minimum absolute atomic E-state index is 0.00228. The van der Waals surface area contributed by atoms with Crippen molar-refractivity contribution in [2.45, 2.75) is 19.3 Å². The van der Waals surface area contributed by atoms with Crippen LogP contribution in [-0.4, -0.2) is 97.7 Å². The van der Waals surface area contributed by atoms with Gasteiger partial charge < -0.3 is 29.7 Å². The van der Waals surface area contributed by atoms with E-state index in [-0.39, 0.29) is 17.4 Å². The van der Waals surface area contributed by atoms with E-state index in [2.05, 4.69) is 20.6 Å². The van der Waals surface area contributed by atoms with Crippen LogP contribution < -0.4 is 15.4 Å². The average Bonchev–Trinajstić information content (AvgIpc) is 3.91. The molecule has 1 aliphatic heterocycles. The van der Waals surface area contributed by atoms with Gasteiger partial charge in [0.25, 0.3) is 0 Å². The Morgan fingerprint density at radius 1 is 1.09 bits per heavy atom. The number of rotatable bonds is 14. The Kier molecular flexibility index (Phi) is 11.4. The molecule has 250 valence electrons. The van der Waals surface area contributed by atoms with Crippen LogP contribution in [-0.2, 0) is 23.9 Å². The zero-order valence-electron chi connectivity index (χ0n) is 26.3. The lowest BCUT2D eigenvalue weighted by Crippen LogP contribution is -2.50. The summed E-state index contributed by atoms with van der Waals surface area (Å²) >= 11 is 5.97. The Morgan fingerprint density at radius 3 is 2.57 bits per heavy atom. The normalized spacial score (nSPS) is 15.8. The summed E-state index contributed by atoms with van der Waals surface area (Å²) in [4.78, 5) is 49.4. The van der Waals surface area contributed by atoms with Gasteiger partial charge in [-0.25, -0.2) is 14.4 Å². The summed E-state index contributed by atoms with van der Waals surface area (Å²) in [5.41, 5.74) is 1.96. The number of methoxy groups -OCH3 is 2. The van der Waals surface area contributed by atoms with Crippen molar-refractivity contribution in [3.8, 4) is 5.75 Å². The van der Waals surface area contributed by atoms with Crippen LogP contribution in [0.25, 0.3) is 10.9 Å². The molecule has 14 heteroatoms. The fourth-order valence-corrected chi connectivity index (χ4v) is 5.39. The zero-order chi connectivity index (χ0) is 33.3. The van der Waals surface area contributed by atoms with Gasteiger partial charge in [-0.15, -0.1) is 0 Å². The summed E-state index contributed by atoms with van der Waals surface area (Å²) in [6.45, 7) is 3.41. The molecular formula is C33H38ClFN6O6. The van der Waals surface area contributed by atoms with Gasteiger partial charge in [0.2, 0.25) is 5.91 Å². The molecule has 1 aromatic heterocycles. The van der Waals surface area contributed by atoms with E-state index in [0.29, 0.717) is 85.6 Å². The third-order valence-electron chi connectivity index (χ3n) is 8.10. The molecule has 1 amide bonds. The molecule has 5 rings (SSSR count). The van der Waals surface area contributed by atoms with Crippen molar-refractivity contribution >= 4 is 57.5 Å². The largest absolute Gasteiger partial charge is 0.491 e. The molecular weight excluding hydrogens is 631 g/mol. The maximum absolute atomic E-state index is 13.7. The molecule has 2 fully saturated rings. The molecule has 3 aromatic rings. The van der Waals surface area contributed by atoms with E-state index in [1.807, 2.05) is 17.0 Å². The molecule has 1 saturated heterocycles. The Morgan fingerprint density at radius 2 is 1.87 bits per heavy atom. The van der Waals surface area contributed by atoms with Gasteiger partial charge in [-0.1, -0.05) is 17.7 Å². The molecule has 47 heavy (non-hydrogen) atoms. The first kappa shape index (κ1) is 33.9. The molecule has 2 aliphatic rings. The minimum Gasteiger partial charge on any atom is -0.491 e. The lowest BCUT2D eigenvalue weighted by Gasteiger charge is -2.35. The number of piperazine rings is 1. The van der Waals surface area contributed by atoms with Gasteiger partial charge >= 0.3 is 11.9 Å². The SMILES string of the molecule is COC(=O)CC(CN1CCN(C(=O)C=CCNc2cc3c(Nc4ccc(F)c(Cl)c4)ncnc3cc2OCC2CC2)CC1)C(=O)OC. The van der Waals surface area contributed by atoms with Gasteiger partial charge in [0.05, 0.1) is 49.4 Å². The van der Waals surface area contributed by atoms with E-state index < -0.39 is 23.7 Å². The first-order chi connectivity index (χ1) is 22.7. The highest BCUT2D eigenvalue weighted by molar-refractivity contribution is 6.31. The lowest BCUT2D eigenvalue weighted by atomic mass is 10.0. The van der Waals surface area contributed by atoms with Crippen LogP contribution in [0.4, 0.5) is 21.6 Å². The molecule has 1 atom stereocenters. The monoisotopic (exact) mass is 668 g/mol. The van der Waals surface area contributed by atoms with Crippen molar-refractivity contribution in [3.05, 3.63) is 59.7 Å². The Hall–Kier alpha value is -4.49. The molecule has 0 radical (unpaired) electrons. The number of hydrogen-bond donors (Lipinski definition) is 2. The van der Waals surface area contributed by atoms with E-state index in [9.17, 15) is 18.8 Å². The summed E-state index contributed by atoms with van der Waals surface area (Å²) in [7, 11) is 2.58. The van der Waals surface area contributed by atoms with E-state index in [1.54, 1.807) is 17.0 Å². The standard InChI is InChI=1S/C33H38ClFN6O6/c1-45-31(43)14-22(33(44)46-2)18-40-10-12-41(13-11-40)30(42)4-3-9-36-28-16-24-27(17-29(28)47-19-21-5-6-21)37-20-38-32(24)39-23-7-8-26(35)25(34)15-23/h3-4,7-8,15-17,20-22,36H,5-6,9-14,18-19H2,1-2H3,(H,37,38,39). The van der Waals surface area contributed by atoms with Crippen LogP contribution in [0.15, 0.2) is 48.8 Å². The van der Waals surface area contributed by atoms with Crippen molar-refractivity contribution < 1.29 is 33.0 Å². The number of aromatic nitrogens is 2. The fourth-order valence-electron chi connectivity index (χ4n) is 5.21. The Bertz CT molecular complexity index is 1630. The summed E-state index contributed by atoms with van der Waals surface area (Å²) in [6, 6.07) is 8.10. The molecule has 2 N–H and O–H groups in total. The van der Waals surface area contributed by atoms with Crippen LogP contribution in [0.1, 0.15) is 19.3 Å². The smallest absolute Gasteiger partial charge is 0.310 e. The van der Waals surface area contributed by atoms with Crippen molar-refractivity contribution in [1.29, 1.82) is 0 Å². The number of hydrogen-bond acceptors (Lipinski definition) is 11. The minimum atomic E-state index is -0.631. The first-order valence-corrected chi connectivity index (χ1v) is 15.8. The molecule has 12 nitrogen and oxygen atoms in total. The van der Waals surface area contributed by atoms with Crippen LogP contribution in [0, 0.1) is 17.7 Å². The zero-order valence-corrected chi connectivity index (χ0v) is 27.1. The number of halogens is 2. The quantitative estimate of drug-likeness (QED) is 0.187. The van der Waals surface area contributed by atoms with Gasteiger partial charge in [0.15, 0.2) is 0 Å². The van der Waals surface area contributed by atoms with E-state index in [0.717, 1.165) is 12.8 Å². The summed E-state index contributed by atoms with van der Waals surface area (Å²) in [6.07, 6.45) is 6.97. The molecule has 0 bridgehead atoms. The topological polar surface area (TPSA) is 135 Å². The number of nitrogens with zero attached hydrogens (tertiary/aromatic N) is 4.